The summed E-state index contributed by atoms with van der Waals surface area (Å²) in [4.78, 5) is 25.2. The highest BCUT2D eigenvalue weighted by Gasteiger charge is 2.31. The van der Waals surface area contributed by atoms with Crippen molar-refractivity contribution in [1.82, 2.24) is 19.7 Å². The molecule has 3 aromatic rings. The Bertz CT molecular complexity index is 1180. The molecule has 0 saturated carbocycles. The van der Waals surface area contributed by atoms with Gasteiger partial charge in [0.05, 0.1) is 16.8 Å². The Hall–Kier alpha value is -2.90. The van der Waals surface area contributed by atoms with Crippen LogP contribution < -0.4 is 0 Å². The van der Waals surface area contributed by atoms with Crippen molar-refractivity contribution in [2.24, 2.45) is 0 Å². The first-order chi connectivity index (χ1) is 16.9. The lowest BCUT2D eigenvalue weighted by Gasteiger charge is -2.30. The zero-order valence-electron chi connectivity index (χ0n) is 20.8. The summed E-state index contributed by atoms with van der Waals surface area (Å²) < 4.78 is 27.4. The van der Waals surface area contributed by atoms with Crippen LogP contribution in [0.5, 0.6) is 0 Å². The summed E-state index contributed by atoms with van der Waals surface area (Å²) in [6.45, 7) is 9.93. The fourth-order valence-corrected chi connectivity index (χ4v) is 4.91. The lowest BCUT2D eigenvalue weighted by molar-refractivity contribution is 0.0708. The summed E-state index contributed by atoms with van der Waals surface area (Å²) in [6.07, 6.45) is 1.94. The molecule has 1 atom stereocenters. The van der Waals surface area contributed by atoms with Gasteiger partial charge >= 0.3 is 0 Å². The quantitative estimate of drug-likeness (QED) is 0.429. The molecule has 1 aliphatic rings. The van der Waals surface area contributed by atoms with Crippen molar-refractivity contribution in [2.45, 2.75) is 32.7 Å². The zero-order valence-corrected chi connectivity index (χ0v) is 20.8. The molecule has 1 aliphatic heterocycles. The van der Waals surface area contributed by atoms with E-state index in [1.807, 2.05) is 29.2 Å². The molecule has 4 rings (SSSR count). The number of carbonyl (C=O) groups excluding carboxylic acids is 1. The Morgan fingerprint density at radius 1 is 1.06 bits per heavy atom. The zero-order chi connectivity index (χ0) is 24.9. The van der Waals surface area contributed by atoms with E-state index in [0.29, 0.717) is 28.9 Å². The first-order valence-corrected chi connectivity index (χ1v) is 12.5. The molecule has 5 nitrogen and oxygen atoms in total. The van der Waals surface area contributed by atoms with E-state index in [9.17, 15) is 13.6 Å². The molecule has 0 bridgehead atoms. The normalized spacial score (nSPS) is 16.1. The lowest BCUT2D eigenvalue weighted by Crippen LogP contribution is -2.44. The van der Waals surface area contributed by atoms with Gasteiger partial charge in [-0.25, -0.2) is 13.8 Å². The molecule has 1 fully saturated rings. The largest absolute Gasteiger partial charge is 0.334 e. The summed E-state index contributed by atoms with van der Waals surface area (Å²) in [6, 6.07) is 13.1. The summed E-state index contributed by atoms with van der Waals surface area (Å²) >= 11 is 0. The van der Waals surface area contributed by atoms with Crippen LogP contribution in [0, 0.1) is 11.6 Å². The van der Waals surface area contributed by atoms with E-state index < -0.39 is 11.6 Å². The highest BCUT2D eigenvalue weighted by atomic mass is 19.2. The predicted molar refractivity (Wildman–Crippen MR) is 136 cm³/mol. The number of likely N-dealkylation sites (tertiary alicyclic amines) is 1. The van der Waals surface area contributed by atoms with Crippen molar-refractivity contribution in [2.75, 3.05) is 46.3 Å². The van der Waals surface area contributed by atoms with Crippen LogP contribution in [0.4, 0.5) is 8.78 Å². The first kappa shape index (κ1) is 25.2. The number of aromatic nitrogens is 1. The maximum atomic E-state index is 13.9. The maximum absolute atomic E-state index is 13.9. The molecule has 0 N–H and O–H groups in total. The Labute approximate surface area is 206 Å². The third-order valence-corrected chi connectivity index (χ3v) is 7.01. The average molecular weight is 481 g/mol. The number of likely N-dealkylation sites (N-methyl/N-ethyl adjacent to an activating group) is 2. The van der Waals surface area contributed by atoms with Gasteiger partial charge in [0.2, 0.25) is 0 Å². The van der Waals surface area contributed by atoms with Crippen LogP contribution in [0.1, 0.15) is 37.0 Å². The molecule has 0 unspecified atom stereocenters. The van der Waals surface area contributed by atoms with Gasteiger partial charge in [0.15, 0.2) is 11.6 Å². The van der Waals surface area contributed by atoms with Gasteiger partial charge in [-0.1, -0.05) is 32.0 Å². The molecule has 1 aromatic heterocycles. The Balaban J connectivity index is 1.60. The van der Waals surface area contributed by atoms with Crippen LogP contribution in [-0.2, 0) is 0 Å². The molecular weight excluding hydrogens is 446 g/mol. The smallest absolute Gasteiger partial charge is 0.254 e. The first-order valence-electron chi connectivity index (χ1n) is 12.5. The van der Waals surface area contributed by atoms with E-state index in [4.69, 9.17) is 0 Å². The van der Waals surface area contributed by atoms with Crippen LogP contribution in [-0.4, -0.2) is 77.9 Å². The lowest BCUT2D eigenvalue weighted by atomic mass is 10.0. The van der Waals surface area contributed by atoms with Crippen LogP contribution >= 0.6 is 0 Å². The van der Waals surface area contributed by atoms with Gasteiger partial charge < -0.3 is 14.7 Å². The van der Waals surface area contributed by atoms with E-state index in [2.05, 4.69) is 35.7 Å². The predicted octanol–water partition coefficient (Wildman–Crippen LogP) is 5.06. The van der Waals surface area contributed by atoms with Gasteiger partial charge in [0, 0.05) is 43.2 Å². The van der Waals surface area contributed by atoms with Crippen molar-refractivity contribution in [1.29, 1.82) is 0 Å². The number of amides is 1. The number of rotatable bonds is 9. The highest BCUT2D eigenvalue weighted by Crippen LogP contribution is 2.29. The van der Waals surface area contributed by atoms with Crippen molar-refractivity contribution in [3.63, 3.8) is 0 Å². The minimum atomic E-state index is -0.933. The molecule has 0 radical (unpaired) electrons. The number of nitrogens with zero attached hydrogens (tertiary/aromatic N) is 4. The fraction of sp³-hybridized carbons (Fsp3) is 0.429. The van der Waals surface area contributed by atoms with E-state index in [-0.39, 0.29) is 11.9 Å². The van der Waals surface area contributed by atoms with Crippen LogP contribution in [0.15, 0.2) is 48.5 Å². The van der Waals surface area contributed by atoms with Gasteiger partial charge in [0.1, 0.15) is 0 Å². The number of hydrogen-bond donors (Lipinski definition) is 0. The molecule has 186 valence electrons. The molecule has 1 amide bonds. The fourth-order valence-electron chi connectivity index (χ4n) is 4.91. The number of benzene rings is 2. The highest BCUT2D eigenvalue weighted by molar-refractivity contribution is 6.07. The van der Waals surface area contributed by atoms with Gasteiger partial charge in [0.25, 0.3) is 5.91 Å². The minimum Gasteiger partial charge on any atom is -0.334 e. The number of fused-ring (bicyclic) bond motifs is 1. The molecular formula is C28H34F2N4O. The number of para-hydroxylation sites is 1. The van der Waals surface area contributed by atoms with Crippen LogP contribution in [0.2, 0.25) is 0 Å². The van der Waals surface area contributed by atoms with Gasteiger partial charge in [-0.15, -0.1) is 0 Å². The standard InChI is InChI=1S/C28H34F2N4O/c1-4-33(5-2)16-15-32(3)19-21-9-8-14-34(21)28(35)23-18-27(20-12-13-24(29)25(30)17-20)31-26-11-7-6-10-22(23)26/h6-7,10-13,17-18,21H,4-5,8-9,14-16,19H2,1-3H3/t21-/m1/s1. The average Bonchev–Trinajstić information content (AvgIpc) is 3.33. The van der Waals surface area contributed by atoms with Crippen molar-refractivity contribution in [3.05, 3.63) is 65.7 Å². The second kappa shape index (κ2) is 11.2. The monoisotopic (exact) mass is 480 g/mol. The second-order valence-electron chi connectivity index (χ2n) is 9.28. The SMILES string of the molecule is CCN(CC)CCN(C)C[C@H]1CCCN1C(=O)c1cc(-c2ccc(F)c(F)c2)nc2ccccc12. The molecule has 1 saturated heterocycles. The number of pyridine rings is 1. The Kier molecular flexibility index (Phi) is 8.08. The molecule has 0 spiro atoms. The topological polar surface area (TPSA) is 39.7 Å². The third-order valence-electron chi connectivity index (χ3n) is 7.01. The van der Waals surface area contributed by atoms with E-state index in [1.165, 1.54) is 6.07 Å². The summed E-state index contributed by atoms with van der Waals surface area (Å²) in [5.74, 6) is -1.87. The summed E-state index contributed by atoms with van der Waals surface area (Å²) in [7, 11) is 2.12. The van der Waals surface area contributed by atoms with Crippen molar-refractivity contribution >= 4 is 16.8 Å². The molecule has 35 heavy (non-hydrogen) atoms. The van der Waals surface area contributed by atoms with Gasteiger partial charge in [-0.05, 0) is 63.3 Å². The Morgan fingerprint density at radius 3 is 2.57 bits per heavy atom. The van der Waals surface area contributed by atoms with E-state index in [0.717, 1.165) is 63.1 Å². The minimum absolute atomic E-state index is 0.0351. The van der Waals surface area contributed by atoms with Crippen molar-refractivity contribution < 1.29 is 13.6 Å². The maximum Gasteiger partial charge on any atom is 0.254 e. The molecule has 2 heterocycles. The summed E-state index contributed by atoms with van der Waals surface area (Å²) in [5, 5.41) is 0.768. The molecule has 0 aliphatic carbocycles. The number of halogens is 2. The van der Waals surface area contributed by atoms with Crippen LogP contribution in [0.25, 0.3) is 22.2 Å². The molecule has 2 aromatic carbocycles. The van der Waals surface area contributed by atoms with Gasteiger partial charge in [-0.3, -0.25) is 4.79 Å². The number of hydrogen-bond acceptors (Lipinski definition) is 4. The Morgan fingerprint density at radius 2 is 1.83 bits per heavy atom. The van der Waals surface area contributed by atoms with Crippen LogP contribution in [0.3, 0.4) is 0 Å². The summed E-state index contributed by atoms with van der Waals surface area (Å²) in [5.41, 5.74) is 2.11. The van der Waals surface area contributed by atoms with Gasteiger partial charge in [-0.2, -0.15) is 0 Å². The van der Waals surface area contributed by atoms with Crippen molar-refractivity contribution in [3.8, 4) is 11.3 Å². The second-order valence-corrected chi connectivity index (χ2v) is 9.28. The van der Waals surface area contributed by atoms with E-state index in [1.54, 1.807) is 6.07 Å². The third kappa shape index (κ3) is 5.68. The number of carbonyl (C=O) groups is 1. The van der Waals surface area contributed by atoms with E-state index >= 15 is 0 Å². The molecule has 7 heteroatoms.